The van der Waals surface area contributed by atoms with E-state index in [4.69, 9.17) is 0 Å². The Balaban J connectivity index is 1.76. The van der Waals surface area contributed by atoms with Crippen molar-refractivity contribution in [2.45, 2.75) is 33.6 Å². The summed E-state index contributed by atoms with van der Waals surface area (Å²) in [6.45, 7) is 6.12. The average Bonchev–Trinajstić information content (AvgIpc) is 2.60. The maximum absolute atomic E-state index is 12.3. The van der Waals surface area contributed by atoms with Crippen LogP contribution in [0, 0.1) is 13.8 Å². The van der Waals surface area contributed by atoms with Gasteiger partial charge in [-0.25, -0.2) is 13.2 Å². The first-order chi connectivity index (χ1) is 12.8. The molecule has 0 unspecified atom stereocenters. The fourth-order valence-corrected chi connectivity index (χ4v) is 4.62. The van der Waals surface area contributed by atoms with Gasteiger partial charge in [0.2, 0.25) is 10.0 Å². The summed E-state index contributed by atoms with van der Waals surface area (Å²) in [4.78, 5) is 12.3. The van der Waals surface area contributed by atoms with Gasteiger partial charge in [-0.3, -0.25) is 4.31 Å². The summed E-state index contributed by atoms with van der Waals surface area (Å²) >= 11 is 0. The van der Waals surface area contributed by atoms with E-state index in [1.54, 1.807) is 19.1 Å². The fraction of sp³-hybridized carbons (Fsp3) is 0.350. The van der Waals surface area contributed by atoms with Crippen LogP contribution < -0.4 is 14.9 Å². The van der Waals surface area contributed by atoms with E-state index in [2.05, 4.69) is 10.6 Å². The van der Waals surface area contributed by atoms with Crippen LogP contribution in [0.5, 0.6) is 0 Å². The second-order valence-electron chi connectivity index (χ2n) is 6.88. The lowest BCUT2D eigenvalue weighted by atomic mass is 10.0. The number of sulfonamides is 1. The van der Waals surface area contributed by atoms with E-state index < -0.39 is 10.0 Å². The highest BCUT2D eigenvalue weighted by Gasteiger charge is 2.26. The first-order valence-electron chi connectivity index (χ1n) is 9.08. The highest BCUT2D eigenvalue weighted by molar-refractivity contribution is 7.92. The highest BCUT2D eigenvalue weighted by atomic mass is 32.2. The van der Waals surface area contributed by atoms with Crippen molar-refractivity contribution in [3.8, 4) is 0 Å². The second-order valence-corrected chi connectivity index (χ2v) is 9.06. The maximum atomic E-state index is 12.3. The SMILES string of the molecule is CCS(=O)(=O)N1CCCc2cc(NC(=O)Nc3cc(C)cc(C)c3)ccc21. The summed E-state index contributed by atoms with van der Waals surface area (Å²) in [5.41, 5.74) is 5.19. The Morgan fingerprint density at radius 3 is 2.37 bits per heavy atom. The van der Waals surface area contributed by atoms with Crippen molar-refractivity contribution in [3.63, 3.8) is 0 Å². The number of aryl methyl sites for hydroxylation is 3. The zero-order chi connectivity index (χ0) is 19.6. The number of carbonyl (C=O) groups excluding carboxylic acids is 1. The second kappa shape index (κ2) is 7.60. The number of fused-ring (bicyclic) bond motifs is 1. The summed E-state index contributed by atoms with van der Waals surface area (Å²) < 4.78 is 26.0. The van der Waals surface area contributed by atoms with Crippen molar-refractivity contribution in [2.75, 3.05) is 27.2 Å². The lowest BCUT2D eigenvalue weighted by Crippen LogP contribution is -2.36. The highest BCUT2D eigenvalue weighted by Crippen LogP contribution is 2.31. The van der Waals surface area contributed by atoms with Gasteiger partial charge in [0.1, 0.15) is 0 Å². The quantitative estimate of drug-likeness (QED) is 0.831. The van der Waals surface area contributed by atoms with Crippen LogP contribution in [0.4, 0.5) is 21.9 Å². The number of nitrogens with one attached hydrogen (secondary N) is 2. The molecule has 1 aliphatic heterocycles. The Labute approximate surface area is 160 Å². The van der Waals surface area contributed by atoms with Gasteiger partial charge >= 0.3 is 6.03 Å². The lowest BCUT2D eigenvalue weighted by molar-refractivity contribution is 0.262. The van der Waals surface area contributed by atoms with Crippen LogP contribution >= 0.6 is 0 Å². The normalized spacial score (nSPS) is 13.8. The molecule has 6 nitrogen and oxygen atoms in total. The third-order valence-electron chi connectivity index (χ3n) is 4.59. The van der Waals surface area contributed by atoms with Crippen molar-refractivity contribution in [1.29, 1.82) is 0 Å². The van der Waals surface area contributed by atoms with E-state index in [9.17, 15) is 13.2 Å². The number of hydrogen-bond acceptors (Lipinski definition) is 3. The lowest BCUT2D eigenvalue weighted by Gasteiger charge is -2.30. The number of benzene rings is 2. The minimum absolute atomic E-state index is 0.0742. The predicted octanol–water partition coefficient (Wildman–Crippen LogP) is 4.05. The van der Waals surface area contributed by atoms with Crippen molar-refractivity contribution < 1.29 is 13.2 Å². The first-order valence-corrected chi connectivity index (χ1v) is 10.7. The molecular formula is C20H25N3O3S. The summed E-state index contributed by atoms with van der Waals surface area (Å²) in [7, 11) is -3.29. The number of urea groups is 1. The Morgan fingerprint density at radius 2 is 1.70 bits per heavy atom. The van der Waals surface area contributed by atoms with Gasteiger partial charge in [-0.2, -0.15) is 0 Å². The molecule has 1 heterocycles. The van der Waals surface area contributed by atoms with Crippen molar-refractivity contribution in [3.05, 3.63) is 53.1 Å². The fourth-order valence-electron chi connectivity index (χ4n) is 3.43. The van der Waals surface area contributed by atoms with E-state index in [1.165, 1.54) is 4.31 Å². The van der Waals surface area contributed by atoms with Crippen molar-refractivity contribution in [1.82, 2.24) is 0 Å². The van der Waals surface area contributed by atoms with Gasteiger partial charge in [-0.15, -0.1) is 0 Å². The number of nitrogens with zero attached hydrogens (tertiary/aromatic N) is 1. The molecule has 0 bridgehead atoms. The van der Waals surface area contributed by atoms with E-state index in [1.807, 2.05) is 38.1 Å². The van der Waals surface area contributed by atoms with Gasteiger partial charge in [-0.1, -0.05) is 6.07 Å². The Kier molecular flexibility index (Phi) is 5.41. The van der Waals surface area contributed by atoms with Crippen LogP contribution in [0.3, 0.4) is 0 Å². The van der Waals surface area contributed by atoms with Gasteiger partial charge in [-0.05, 0) is 80.6 Å². The minimum atomic E-state index is -3.29. The van der Waals surface area contributed by atoms with Crippen molar-refractivity contribution >= 4 is 33.1 Å². The summed E-state index contributed by atoms with van der Waals surface area (Å²) in [6.07, 6.45) is 1.56. The van der Waals surface area contributed by atoms with Crippen molar-refractivity contribution in [2.24, 2.45) is 0 Å². The van der Waals surface area contributed by atoms with Crippen LogP contribution in [0.2, 0.25) is 0 Å². The molecule has 1 aliphatic rings. The molecule has 0 atom stereocenters. The van der Waals surface area contributed by atoms with Gasteiger partial charge in [0.05, 0.1) is 11.4 Å². The zero-order valence-corrected chi connectivity index (χ0v) is 16.7. The summed E-state index contributed by atoms with van der Waals surface area (Å²) in [5.74, 6) is 0.0742. The van der Waals surface area contributed by atoms with Gasteiger partial charge in [0.25, 0.3) is 0 Å². The summed E-state index contributed by atoms with van der Waals surface area (Å²) in [6, 6.07) is 10.9. The molecule has 2 aromatic rings. The minimum Gasteiger partial charge on any atom is -0.308 e. The number of anilines is 3. The molecule has 0 aromatic heterocycles. The predicted molar refractivity (Wildman–Crippen MR) is 110 cm³/mol. The average molecular weight is 388 g/mol. The molecule has 0 radical (unpaired) electrons. The molecule has 2 aromatic carbocycles. The molecule has 7 heteroatoms. The first kappa shape index (κ1) is 19.2. The molecule has 0 saturated carbocycles. The maximum Gasteiger partial charge on any atom is 0.323 e. The standard InChI is InChI=1S/C20H25N3O3S/c1-4-27(25,26)23-9-5-6-16-13-17(7-8-19(16)23)21-20(24)22-18-11-14(2)10-15(3)12-18/h7-8,10-13H,4-6,9H2,1-3H3,(H2,21,22,24). The van der Waals surface area contributed by atoms with Crippen LogP contribution in [0.15, 0.2) is 36.4 Å². The molecule has 2 N–H and O–H groups in total. The summed E-state index contributed by atoms with van der Waals surface area (Å²) in [5, 5.41) is 5.67. The Hall–Kier alpha value is -2.54. The van der Waals surface area contributed by atoms with E-state index in [-0.39, 0.29) is 11.8 Å². The molecule has 0 saturated heterocycles. The molecule has 0 spiro atoms. The molecular weight excluding hydrogens is 362 g/mol. The molecule has 0 aliphatic carbocycles. The molecule has 144 valence electrons. The van der Waals surface area contributed by atoms with Crippen LogP contribution in [-0.4, -0.2) is 26.7 Å². The van der Waals surface area contributed by atoms with E-state index in [0.717, 1.165) is 35.2 Å². The number of hydrogen-bond donors (Lipinski definition) is 2. The van der Waals surface area contributed by atoms with Gasteiger partial charge in [0, 0.05) is 17.9 Å². The molecule has 3 rings (SSSR count). The van der Waals surface area contributed by atoms with Gasteiger partial charge < -0.3 is 10.6 Å². The monoisotopic (exact) mass is 387 g/mol. The Morgan fingerprint density at radius 1 is 1.04 bits per heavy atom. The third kappa shape index (κ3) is 4.42. The van der Waals surface area contributed by atoms with Crippen LogP contribution in [-0.2, 0) is 16.4 Å². The number of amides is 2. The molecule has 2 amide bonds. The zero-order valence-electron chi connectivity index (χ0n) is 15.9. The molecule has 0 fully saturated rings. The number of carbonyl (C=O) groups is 1. The third-order valence-corrected chi connectivity index (χ3v) is 6.37. The van der Waals surface area contributed by atoms with Gasteiger partial charge in [0.15, 0.2) is 0 Å². The smallest absolute Gasteiger partial charge is 0.308 e. The van der Waals surface area contributed by atoms with E-state index >= 15 is 0 Å². The topological polar surface area (TPSA) is 78.5 Å². The van der Waals surface area contributed by atoms with Crippen LogP contribution in [0.1, 0.15) is 30.0 Å². The van der Waals surface area contributed by atoms with Crippen LogP contribution in [0.25, 0.3) is 0 Å². The number of rotatable bonds is 4. The largest absolute Gasteiger partial charge is 0.323 e. The molecule has 27 heavy (non-hydrogen) atoms. The Bertz CT molecular complexity index is 950. The van der Waals surface area contributed by atoms with E-state index in [0.29, 0.717) is 17.9 Å².